The lowest BCUT2D eigenvalue weighted by Gasteiger charge is -2.33. The molecule has 0 unspecified atom stereocenters. The number of alkyl carbamates (subject to hydrolysis) is 1. The highest BCUT2D eigenvalue weighted by atomic mass is 16.6. The average molecular weight is 569 g/mol. The van der Waals surface area contributed by atoms with E-state index < -0.39 is 23.7 Å². The second kappa shape index (κ2) is 15.9. The van der Waals surface area contributed by atoms with E-state index in [9.17, 15) is 14.4 Å². The van der Waals surface area contributed by atoms with Crippen LogP contribution in [0.25, 0.3) is 0 Å². The van der Waals surface area contributed by atoms with Crippen LogP contribution in [-0.4, -0.2) is 61.5 Å². The predicted octanol–water partition coefficient (Wildman–Crippen LogP) is 5.89. The van der Waals surface area contributed by atoms with Gasteiger partial charge in [0.15, 0.2) is 0 Å². The van der Waals surface area contributed by atoms with Gasteiger partial charge < -0.3 is 29.2 Å². The van der Waals surface area contributed by atoms with Crippen LogP contribution in [-0.2, 0) is 32.0 Å². The molecule has 0 aliphatic carbocycles. The van der Waals surface area contributed by atoms with Gasteiger partial charge in [-0.2, -0.15) is 0 Å². The second-order valence-electron chi connectivity index (χ2n) is 11.4. The summed E-state index contributed by atoms with van der Waals surface area (Å²) in [6.45, 7) is 7.89. The Kier molecular flexibility index (Phi) is 12.3. The zero-order chi connectivity index (χ0) is 29.7. The minimum atomic E-state index is -0.585. The van der Waals surface area contributed by atoms with E-state index in [0.717, 1.165) is 55.6 Å². The molecule has 1 atom stereocenters. The first kappa shape index (κ1) is 31.8. The van der Waals surface area contributed by atoms with Crippen molar-refractivity contribution in [2.45, 2.75) is 77.5 Å². The fourth-order valence-electron chi connectivity index (χ4n) is 4.69. The number of benzene rings is 2. The second-order valence-corrected chi connectivity index (χ2v) is 11.4. The Hall–Kier alpha value is -3.75. The molecule has 2 amide bonds. The lowest BCUT2D eigenvalue weighted by atomic mass is 9.92. The lowest BCUT2D eigenvalue weighted by Crippen LogP contribution is -2.41. The number of ether oxygens (including phenoxy) is 4. The molecule has 0 spiro atoms. The van der Waals surface area contributed by atoms with Crippen molar-refractivity contribution in [1.29, 1.82) is 0 Å². The molecule has 9 heteroatoms. The van der Waals surface area contributed by atoms with Crippen molar-refractivity contribution in [2.75, 3.05) is 26.8 Å². The molecule has 9 nitrogen and oxygen atoms in total. The van der Waals surface area contributed by atoms with Gasteiger partial charge in [-0.15, -0.1) is 0 Å². The summed E-state index contributed by atoms with van der Waals surface area (Å²) in [5.74, 6) is 0.945. The van der Waals surface area contributed by atoms with Crippen LogP contribution in [0, 0.1) is 5.92 Å². The number of amides is 2. The van der Waals surface area contributed by atoms with Crippen LogP contribution >= 0.6 is 0 Å². The summed E-state index contributed by atoms with van der Waals surface area (Å²) in [4.78, 5) is 38.3. The number of nitrogens with one attached hydrogen (secondary N) is 1. The molecule has 2 aromatic carbocycles. The standard InChI is InChI=1S/C32H44N2O7/c1-32(2,3)41-31(37)34-18-16-24(17-19-34)11-8-20-39-28-14-12-25(13-15-28)21-27(22-29(35)38-4)33-30(36)40-23-26-9-6-5-7-10-26/h5-7,9-10,12-15,24,27H,8,11,16-23H2,1-4H3,(H,33,36)/t27-/m0/s1. The van der Waals surface area contributed by atoms with Crippen molar-refractivity contribution in [2.24, 2.45) is 5.92 Å². The first-order valence-corrected chi connectivity index (χ1v) is 14.3. The van der Waals surface area contributed by atoms with Gasteiger partial charge >= 0.3 is 18.2 Å². The van der Waals surface area contributed by atoms with Gasteiger partial charge in [-0.05, 0) is 82.1 Å². The van der Waals surface area contributed by atoms with Crippen molar-refractivity contribution >= 4 is 18.2 Å². The molecule has 1 aliphatic heterocycles. The Bertz CT molecular complexity index is 1090. The van der Waals surface area contributed by atoms with E-state index >= 15 is 0 Å². The number of hydrogen-bond donors (Lipinski definition) is 1. The van der Waals surface area contributed by atoms with Crippen LogP contribution < -0.4 is 10.1 Å². The topological polar surface area (TPSA) is 103 Å². The van der Waals surface area contributed by atoms with Crippen molar-refractivity contribution < 1.29 is 33.3 Å². The van der Waals surface area contributed by atoms with Crippen molar-refractivity contribution in [1.82, 2.24) is 10.2 Å². The van der Waals surface area contributed by atoms with Gasteiger partial charge in [0.2, 0.25) is 0 Å². The first-order chi connectivity index (χ1) is 19.6. The summed E-state index contributed by atoms with van der Waals surface area (Å²) in [7, 11) is 1.33. The normalized spacial score (nSPS) is 14.6. The molecule has 1 aliphatic rings. The molecule has 0 saturated carbocycles. The summed E-state index contributed by atoms with van der Waals surface area (Å²) in [6, 6.07) is 16.6. The molecule has 1 heterocycles. The van der Waals surface area contributed by atoms with E-state index in [4.69, 9.17) is 18.9 Å². The summed E-state index contributed by atoms with van der Waals surface area (Å²) in [6.07, 6.45) is 3.62. The van der Waals surface area contributed by atoms with Gasteiger partial charge in [0.05, 0.1) is 20.1 Å². The smallest absolute Gasteiger partial charge is 0.410 e. The maximum atomic E-state index is 12.4. The molecule has 0 radical (unpaired) electrons. The molecule has 2 aromatic rings. The van der Waals surface area contributed by atoms with Gasteiger partial charge in [0.1, 0.15) is 18.0 Å². The Labute approximate surface area is 243 Å². The van der Waals surface area contributed by atoms with Crippen LogP contribution in [0.5, 0.6) is 5.75 Å². The highest BCUT2D eigenvalue weighted by Crippen LogP contribution is 2.24. The lowest BCUT2D eigenvalue weighted by molar-refractivity contribution is -0.141. The molecular formula is C32H44N2O7. The highest BCUT2D eigenvalue weighted by Gasteiger charge is 2.26. The Balaban J connectivity index is 1.38. The minimum Gasteiger partial charge on any atom is -0.494 e. The summed E-state index contributed by atoms with van der Waals surface area (Å²) >= 11 is 0. The molecule has 1 saturated heterocycles. The highest BCUT2D eigenvalue weighted by molar-refractivity contribution is 5.72. The van der Waals surface area contributed by atoms with E-state index in [0.29, 0.717) is 18.9 Å². The first-order valence-electron chi connectivity index (χ1n) is 14.3. The fourth-order valence-corrected chi connectivity index (χ4v) is 4.69. The predicted molar refractivity (Wildman–Crippen MR) is 156 cm³/mol. The third-order valence-electron chi connectivity index (χ3n) is 6.87. The minimum absolute atomic E-state index is 0.0336. The summed E-state index contributed by atoms with van der Waals surface area (Å²) < 4.78 is 21.5. The fraction of sp³-hybridized carbons (Fsp3) is 0.531. The Morgan fingerprint density at radius 2 is 1.66 bits per heavy atom. The number of methoxy groups -OCH3 is 1. The van der Waals surface area contributed by atoms with Gasteiger partial charge in [0, 0.05) is 19.1 Å². The van der Waals surface area contributed by atoms with Crippen LogP contribution in [0.15, 0.2) is 54.6 Å². The van der Waals surface area contributed by atoms with E-state index in [1.807, 2.05) is 75.4 Å². The van der Waals surface area contributed by atoms with Crippen LogP contribution in [0.2, 0.25) is 0 Å². The largest absolute Gasteiger partial charge is 0.494 e. The number of piperidine rings is 1. The number of carbonyl (C=O) groups is 3. The van der Waals surface area contributed by atoms with E-state index in [2.05, 4.69) is 5.32 Å². The van der Waals surface area contributed by atoms with E-state index in [-0.39, 0.29) is 19.1 Å². The number of esters is 1. The monoisotopic (exact) mass is 568 g/mol. The molecule has 41 heavy (non-hydrogen) atoms. The van der Waals surface area contributed by atoms with E-state index in [1.54, 1.807) is 4.90 Å². The summed E-state index contributed by atoms with van der Waals surface area (Å²) in [5.41, 5.74) is 1.36. The zero-order valence-corrected chi connectivity index (χ0v) is 24.7. The zero-order valence-electron chi connectivity index (χ0n) is 24.7. The molecular weight excluding hydrogens is 524 g/mol. The number of rotatable bonds is 12. The maximum absolute atomic E-state index is 12.4. The van der Waals surface area contributed by atoms with Crippen LogP contribution in [0.4, 0.5) is 9.59 Å². The van der Waals surface area contributed by atoms with E-state index in [1.165, 1.54) is 7.11 Å². The average Bonchev–Trinajstić information content (AvgIpc) is 2.95. The number of nitrogens with zero attached hydrogens (tertiary/aromatic N) is 1. The van der Waals surface area contributed by atoms with Gasteiger partial charge in [-0.3, -0.25) is 4.79 Å². The van der Waals surface area contributed by atoms with Gasteiger partial charge in [-0.25, -0.2) is 9.59 Å². The summed E-state index contributed by atoms with van der Waals surface area (Å²) in [5, 5.41) is 2.79. The van der Waals surface area contributed by atoms with Crippen LogP contribution in [0.3, 0.4) is 0 Å². The van der Waals surface area contributed by atoms with Gasteiger partial charge in [0.25, 0.3) is 0 Å². The maximum Gasteiger partial charge on any atom is 0.410 e. The Morgan fingerprint density at radius 3 is 2.29 bits per heavy atom. The molecule has 0 bridgehead atoms. The number of carbonyl (C=O) groups excluding carboxylic acids is 3. The SMILES string of the molecule is COC(=O)C[C@H](Cc1ccc(OCCCC2CCN(C(=O)OC(C)(C)C)CC2)cc1)NC(=O)OCc1ccccc1. The Morgan fingerprint density at radius 1 is 0.976 bits per heavy atom. The van der Waals surface area contributed by atoms with Crippen LogP contribution in [0.1, 0.15) is 64.0 Å². The molecule has 1 N–H and O–H groups in total. The van der Waals surface area contributed by atoms with Crippen molar-refractivity contribution in [3.05, 3.63) is 65.7 Å². The van der Waals surface area contributed by atoms with Gasteiger partial charge in [-0.1, -0.05) is 42.5 Å². The molecule has 0 aromatic heterocycles. The molecule has 3 rings (SSSR count). The molecule has 1 fully saturated rings. The third-order valence-corrected chi connectivity index (χ3v) is 6.87. The number of likely N-dealkylation sites (tertiary alicyclic amines) is 1. The quantitative estimate of drug-likeness (QED) is 0.193. The van der Waals surface area contributed by atoms with Crippen molar-refractivity contribution in [3.63, 3.8) is 0 Å². The molecule has 224 valence electrons. The third kappa shape index (κ3) is 12.1. The number of hydrogen-bond acceptors (Lipinski definition) is 7. The van der Waals surface area contributed by atoms with Crippen molar-refractivity contribution in [3.8, 4) is 5.75 Å².